The summed E-state index contributed by atoms with van der Waals surface area (Å²) in [5.74, 6) is -0.999. The van der Waals surface area contributed by atoms with Crippen molar-refractivity contribution < 1.29 is 19.1 Å². The number of hydrogen-bond acceptors (Lipinski definition) is 3. The molecule has 1 aromatic rings. The molecular formula is C14H16FNO3. The number of phenolic OH excluding ortho intramolecular Hbond substituents is 1. The topological polar surface area (TPSA) is 57.6 Å². The first-order valence-electron chi connectivity index (χ1n) is 6.26. The fourth-order valence-corrected chi connectivity index (χ4v) is 2.35. The van der Waals surface area contributed by atoms with Crippen LogP contribution in [0, 0.1) is 5.82 Å². The van der Waals surface area contributed by atoms with Crippen molar-refractivity contribution >= 4 is 11.7 Å². The lowest BCUT2D eigenvalue weighted by atomic mass is 9.93. The van der Waals surface area contributed by atoms with Crippen molar-refractivity contribution in [3.63, 3.8) is 0 Å². The molecule has 1 aromatic carbocycles. The first-order chi connectivity index (χ1) is 8.99. The van der Waals surface area contributed by atoms with Crippen LogP contribution >= 0.6 is 0 Å². The van der Waals surface area contributed by atoms with E-state index < -0.39 is 11.7 Å². The van der Waals surface area contributed by atoms with Crippen LogP contribution in [-0.4, -0.2) is 34.8 Å². The van der Waals surface area contributed by atoms with E-state index >= 15 is 0 Å². The Kier molecular flexibility index (Phi) is 3.83. The van der Waals surface area contributed by atoms with Gasteiger partial charge in [0.2, 0.25) is 0 Å². The van der Waals surface area contributed by atoms with Gasteiger partial charge in [0.25, 0.3) is 5.91 Å². The van der Waals surface area contributed by atoms with E-state index in [-0.39, 0.29) is 23.1 Å². The molecule has 0 radical (unpaired) electrons. The number of aromatic hydroxyl groups is 1. The highest BCUT2D eigenvalue weighted by Gasteiger charge is 2.27. The fraction of sp³-hybridized carbons (Fsp3) is 0.429. The van der Waals surface area contributed by atoms with Gasteiger partial charge in [-0.3, -0.25) is 9.59 Å². The zero-order valence-electron chi connectivity index (χ0n) is 10.7. The van der Waals surface area contributed by atoms with Crippen LogP contribution in [0.15, 0.2) is 18.2 Å². The van der Waals surface area contributed by atoms with Crippen LogP contribution in [0.5, 0.6) is 5.75 Å². The minimum atomic E-state index is -0.562. The highest BCUT2D eigenvalue weighted by Crippen LogP contribution is 2.24. The Morgan fingerprint density at radius 1 is 1.37 bits per heavy atom. The molecule has 5 heteroatoms. The van der Waals surface area contributed by atoms with Crippen molar-refractivity contribution in [3.8, 4) is 5.75 Å². The molecule has 4 nitrogen and oxygen atoms in total. The van der Waals surface area contributed by atoms with Gasteiger partial charge in [-0.25, -0.2) is 4.39 Å². The maximum Gasteiger partial charge on any atom is 0.257 e. The maximum absolute atomic E-state index is 13.1. The molecule has 1 amide bonds. The largest absolute Gasteiger partial charge is 0.507 e. The number of amides is 1. The Bertz CT molecular complexity index is 505. The van der Waals surface area contributed by atoms with E-state index in [0.717, 1.165) is 12.1 Å². The number of hydrogen-bond donors (Lipinski definition) is 1. The van der Waals surface area contributed by atoms with Gasteiger partial charge >= 0.3 is 0 Å². The molecule has 19 heavy (non-hydrogen) atoms. The van der Waals surface area contributed by atoms with E-state index in [1.807, 2.05) is 0 Å². The van der Waals surface area contributed by atoms with Gasteiger partial charge in [0.15, 0.2) is 0 Å². The molecule has 0 aromatic heterocycles. The number of carbonyl (C=O) groups is 2. The molecule has 1 aliphatic carbocycles. The summed E-state index contributed by atoms with van der Waals surface area (Å²) in [6, 6.07) is 3.27. The smallest absolute Gasteiger partial charge is 0.257 e. The van der Waals surface area contributed by atoms with Crippen molar-refractivity contribution in [3.05, 3.63) is 29.6 Å². The van der Waals surface area contributed by atoms with Crippen LogP contribution in [0.1, 0.15) is 36.0 Å². The minimum absolute atomic E-state index is 0.0344. The summed E-state index contributed by atoms with van der Waals surface area (Å²) in [5, 5.41) is 9.63. The summed E-state index contributed by atoms with van der Waals surface area (Å²) < 4.78 is 13.1. The number of nitrogens with zero attached hydrogens (tertiary/aromatic N) is 1. The standard InChI is InChI=1S/C14H16FNO3/c1-16(10-3-5-11(17)6-4-10)14(19)12-8-9(15)2-7-13(12)18/h2,7-8,10,18H,3-6H2,1H3. The van der Waals surface area contributed by atoms with Crippen LogP contribution in [0.3, 0.4) is 0 Å². The zero-order valence-corrected chi connectivity index (χ0v) is 10.7. The van der Waals surface area contributed by atoms with Gasteiger partial charge in [-0.1, -0.05) is 0 Å². The van der Waals surface area contributed by atoms with E-state index in [0.29, 0.717) is 25.7 Å². The predicted molar refractivity (Wildman–Crippen MR) is 67.4 cm³/mol. The summed E-state index contributed by atoms with van der Waals surface area (Å²) in [6.45, 7) is 0. The molecule has 102 valence electrons. The second-order valence-corrected chi connectivity index (χ2v) is 4.85. The number of halogens is 1. The highest BCUT2D eigenvalue weighted by atomic mass is 19.1. The Hall–Kier alpha value is -1.91. The average molecular weight is 265 g/mol. The van der Waals surface area contributed by atoms with E-state index in [2.05, 4.69) is 0 Å². The van der Waals surface area contributed by atoms with Crippen molar-refractivity contribution in [2.45, 2.75) is 31.7 Å². The summed E-state index contributed by atoms with van der Waals surface area (Å²) in [5.41, 5.74) is -0.0422. The second kappa shape index (κ2) is 5.38. The third-order valence-electron chi connectivity index (χ3n) is 3.57. The number of Topliss-reactive ketones (excluding diaryl/α,β-unsaturated/α-hetero) is 1. The average Bonchev–Trinajstić information content (AvgIpc) is 2.41. The fourth-order valence-electron chi connectivity index (χ4n) is 2.35. The molecule has 0 bridgehead atoms. The first kappa shape index (κ1) is 13.5. The van der Waals surface area contributed by atoms with Crippen LogP contribution in [0.2, 0.25) is 0 Å². The second-order valence-electron chi connectivity index (χ2n) is 4.85. The lowest BCUT2D eigenvalue weighted by Gasteiger charge is -2.30. The molecule has 0 saturated heterocycles. The summed E-state index contributed by atoms with van der Waals surface area (Å²) >= 11 is 0. The van der Waals surface area contributed by atoms with Gasteiger partial charge in [0, 0.05) is 25.9 Å². The van der Waals surface area contributed by atoms with Gasteiger partial charge in [-0.15, -0.1) is 0 Å². The van der Waals surface area contributed by atoms with Gasteiger partial charge < -0.3 is 10.0 Å². The number of phenols is 1. The lowest BCUT2D eigenvalue weighted by Crippen LogP contribution is -2.39. The van der Waals surface area contributed by atoms with Gasteiger partial charge in [-0.2, -0.15) is 0 Å². The molecule has 0 spiro atoms. The highest BCUT2D eigenvalue weighted by molar-refractivity contribution is 5.97. The molecular weight excluding hydrogens is 249 g/mol. The minimum Gasteiger partial charge on any atom is -0.507 e. The Morgan fingerprint density at radius 2 is 2.00 bits per heavy atom. The monoisotopic (exact) mass is 265 g/mol. The Balaban J connectivity index is 2.14. The SMILES string of the molecule is CN(C(=O)c1cc(F)ccc1O)C1CCC(=O)CC1. The number of carbonyl (C=O) groups excluding carboxylic acids is 2. The number of rotatable bonds is 2. The van der Waals surface area contributed by atoms with Gasteiger partial charge in [0.1, 0.15) is 17.3 Å². The molecule has 1 fully saturated rings. The molecule has 1 aliphatic rings. The summed E-state index contributed by atoms with van der Waals surface area (Å²) in [6.07, 6.45) is 2.18. The van der Waals surface area contributed by atoms with Crippen molar-refractivity contribution in [1.29, 1.82) is 0 Å². The molecule has 1 N–H and O–H groups in total. The zero-order chi connectivity index (χ0) is 14.0. The third kappa shape index (κ3) is 2.92. The third-order valence-corrected chi connectivity index (χ3v) is 3.57. The summed E-state index contributed by atoms with van der Waals surface area (Å²) in [4.78, 5) is 24.9. The quantitative estimate of drug-likeness (QED) is 0.891. The molecule has 0 unspecified atom stereocenters. The van der Waals surface area contributed by atoms with Gasteiger partial charge in [-0.05, 0) is 31.0 Å². The van der Waals surface area contributed by atoms with E-state index in [1.165, 1.54) is 11.0 Å². The molecule has 0 aliphatic heterocycles. The normalized spacial score (nSPS) is 16.4. The Morgan fingerprint density at radius 3 is 2.63 bits per heavy atom. The van der Waals surface area contributed by atoms with Gasteiger partial charge in [0.05, 0.1) is 5.56 Å². The first-order valence-corrected chi connectivity index (χ1v) is 6.26. The lowest BCUT2D eigenvalue weighted by molar-refractivity contribution is -0.121. The Labute approximate surface area is 110 Å². The van der Waals surface area contributed by atoms with E-state index in [4.69, 9.17) is 0 Å². The van der Waals surface area contributed by atoms with E-state index in [9.17, 15) is 19.1 Å². The van der Waals surface area contributed by atoms with Crippen LogP contribution in [-0.2, 0) is 4.79 Å². The van der Waals surface area contributed by atoms with Crippen LogP contribution in [0.25, 0.3) is 0 Å². The van der Waals surface area contributed by atoms with Crippen molar-refractivity contribution in [2.24, 2.45) is 0 Å². The molecule has 2 rings (SSSR count). The molecule has 0 atom stereocenters. The molecule has 0 heterocycles. The predicted octanol–water partition coefficient (Wildman–Crippen LogP) is 2.12. The molecule has 1 saturated carbocycles. The van der Waals surface area contributed by atoms with Crippen molar-refractivity contribution in [2.75, 3.05) is 7.05 Å². The van der Waals surface area contributed by atoms with Crippen molar-refractivity contribution in [1.82, 2.24) is 4.90 Å². The summed E-state index contributed by atoms with van der Waals surface area (Å²) in [7, 11) is 1.62. The maximum atomic E-state index is 13.1. The van der Waals surface area contributed by atoms with Crippen LogP contribution < -0.4 is 0 Å². The number of ketones is 1. The van der Waals surface area contributed by atoms with E-state index in [1.54, 1.807) is 7.05 Å². The van der Waals surface area contributed by atoms with Crippen LogP contribution in [0.4, 0.5) is 4.39 Å². The number of benzene rings is 1.